The maximum atomic E-state index is 13.3. The highest BCUT2D eigenvalue weighted by molar-refractivity contribution is 7.13. The summed E-state index contributed by atoms with van der Waals surface area (Å²) in [7, 11) is 4.77. The van der Waals surface area contributed by atoms with Gasteiger partial charge in [0.05, 0.1) is 37.8 Å². The van der Waals surface area contributed by atoms with Gasteiger partial charge in [-0.2, -0.15) is 4.98 Å². The minimum Gasteiger partial charge on any atom is -0.497 e. The molecule has 11 nitrogen and oxygen atoms in total. The van der Waals surface area contributed by atoms with E-state index >= 15 is 0 Å². The van der Waals surface area contributed by atoms with E-state index in [1.165, 1.54) is 22.3 Å². The molecule has 12 heteroatoms. The molecule has 2 aromatic carbocycles. The lowest BCUT2D eigenvalue weighted by Gasteiger charge is -2.34. The van der Waals surface area contributed by atoms with Gasteiger partial charge < -0.3 is 20.1 Å². The molecule has 0 unspecified atom stereocenters. The molecular weight excluding hydrogens is 518 g/mol. The number of rotatable bonds is 8. The molecule has 2 aromatic heterocycles. The Morgan fingerprint density at radius 2 is 1.87 bits per heavy atom. The number of ether oxygens (including phenoxy) is 2. The summed E-state index contributed by atoms with van der Waals surface area (Å²) >= 11 is 1.49. The SMILES string of the molecule is C=CC(=O)Nc1cc(-c2nccs2)ccc1Nc1ncc2c(n1)N(C)C(=O)N(c1cc(OC)cc(OC)c1)C2. The number of hydrogen-bond donors (Lipinski definition) is 2. The van der Waals surface area contributed by atoms with Gasteiger partial charge in [0, 0.05) is 54.1 Å². The van der Waals surface area contributed by atoms with Crippen LogP contribution in [0.4, 0.5) is 33.6 Å². The fourth-order valence-electron chi connectivity index (χ4n) is 4.08. The maximum absolute atomic E-state index is 13.3. The van der Waals surface area contributed by atoms with E-state index in [9.17, 15) is 9.59 Å². The van der Waals surface area contributed by atoms with Gasteiger partial charge >= 0.3 is 6.03 Å². The van der Waals surface area contributed by atoms with E-state index in [-0.39, 0.29) is 24.4 Å². The summed E-state index contributed by atoms with van der Waals surface area (Å²) in [5.74, 6) is 1.52. The Morgan fingerprint density at radius 3 is 2.54 bits per heavy atom. The van der Waals surface area contributed by atoms with E-state index in [1.54, 1.807) is 56.8 Å². The molecule has 0 saturated carbocycles. The normalized spacial score (nSPS) is 12.5. The van der Waals surface area contributed by atoms with Gasteiger partial charge in [-0.1, -0.05) is 6.58 Å². The number of carbonyl (C=O) groups is 2. The van der Waals surface area contributed by atoms with Gasteiger partial charge in [0.1, 0.15) is 22.3 Å². The molecule has 0 radical (unpaired) electrons. The molecule has 0 saturated heterocycles. The van der Waals surface area contributed by atoms with Crippen molar-refractivity contribution in [3.05, 3.63) is 72.4 Å². The Hall–Kier alpha value is -4.97. The Balaban J connectivity index is 1.44. The number of hydrogen-bond acceptors (Lipinski definition) is 9. The maximum Gasteiger partial charge on any atom is 0.330 e. The lowest BCUT2D eigenvalue weighted by molar-refractivity contribution is -0.111. The van der Waals surface area contributed by atoms with E-state index in [2.05, 4.69) is 32.2 Å². The van der Waals surface area contributed by atoms with E-state index in [0.29, 0.717) is 34.4 Å². The van der Waals surface area contributed by atoms with Crippen molar-refractivity contribution in [3.63, 3.8) is 0 Å². The van der Waals surface area contributed by atoms with Crippen molar-refractivity contribution in [2.24, 2.45) is 0 Å². The summed E-state index contributed by atoms with van der Waals surface area (Å²) in [6.45, 7) is 3.79. The van der Waals surface area contributed by atoms with Gasteiger partial charge in [0.2, 0.25) is 11.9 Å². The molecule has 0 aliphatic carbocycles. The Labute approximate surface area is 228 Å². The summed E-state index contributed by atoms with van der Waals surface area (Å²) in [5, 5.41) is 8.68. The number of nitrogens with one attached hydrogen (secondary N) is 2. The standard InChI is InChI=1S/C27H25N7O4S/c1-5-23(35)30-22-10-16(25-28-8-9-39-25)6-7-21(22)31-26-29-14-17-15-34(27(36)33(2)24(17)32-26)18-11-19(37-3)13-20(12-18)38-4/h5-14H,1,15H2,2-4H3,(H,30,35)(H,29,31,32). The van der Waals surface area contributed by atoms with Gasteiger partial charge in [0.15, 0.2) is 0 Å². The lowest BCUT2D eigenvalue weighted by Crippen LogP contribution is -2.46. The van der Waals surface area contributed by atoms with E-state index in [1.807, 2.05) is 23.6 Å². The fraction of sp³-hybridized carbons (Fsp3) is 0.148. The summed E-state index contributed by atoms with van der Waals surface area (Å²) in [6, 6.07) is 10.5. The van der Waals surface area contributed by atoms with Crippen LogP contribution in [0.5, 0.6) is 11.5 Å². The Kier molecular flexibility index (Phi) is 7.10. The zero-order valence-corrected chi connectivity index (χ0v) is 22.3. The Morgan fingerprint density at radius 1 is 1.10 bits per heavy atom. The summed E-state index contributed by atoms with van der Waals surface area (Å²) in [6.07, 6.45) is 4.59. The predicted molar refractivity (Wildman–Crippen MR) is 151 cm³/mol. The summed E-state index contributed by atoms with van der Waals surface area (Å²) in [5.41, 5.74) is 3.31. The molecule has 39 heavy (non-hydrogen) atoms. The van der Waals surface area contributed by atoms with Gasteiger partial charge in [-0.25, -0.2) is 14.8 Å². The van der Waals surface area contributed by atoms with Gasteiger partial charge in [-0.15, -0.1) is 11.3 Å². The first-order valence-corrected chi connectivity index (χ1v) is 12.7. The smallest absolute Gasteiger partial charge is 0.330 e. The fourth-order valence-corrected chi connectivity index (χ4v) is 4.71. The second-order valence-electron chi connectivity index (χ2n) is 8.46. The van der Waals surface area contributed by atoms with Gasteiger partial charge in [-0.05, 0) is 24.3 Å². The molecule has 0 bridgehead atoms. The number of thiazole rings is 1. The van der Waals surface area contributed by atoms with Crippen molar-refractivity contribution < 1.29 is 19.1 Å². The third-order valence-corrected chi connectivity index (χ3v) is 6.86. The van der Waals surface area contributed by atoms with Crippen LogP contribution < -0.4 is 29.9 Å². The summed E-state index contributed by atoms with van der Waals surface area (Å²) in [4.78, 5) is 41.9. The average Bonchev–Trinajstić information content (AvgIpc) is 3.51. The molecule has 198 valence electrons. The van der Waals surface area contributed by atoms with Gasteiger partial charge in [0.25, 0.3) is 0 Å². The van der Waals surface area contributed by atoms with Crippen molar-refractivity contribution in [1.82, 2.24) is 15.0 Å². The molecule has 1 aliphatic heterocycles. The van der Waals surface area contributed by atoms with Crippen molar-refractivity contribution >= 4 is 52.1 Å². The van der Waals surface area contributed by atoms with Crippen molar-refractivity contribution in [1.29, 1.82) is 0 Å². The minimum absolute atomic E-state index is 0.262. The number of anilines is 5. The van der Waals surface area contributed by atoms with Gasteiger partial charge in [-0.3, -0.25) is 14.6 Å². The number of aromatic nitrogens is 3. The van der Waals surface area contributed by atoms with Crippen LogP contribution in [-0.4, -0.2) is 48.2 Å². The molecule has 3 heterocycles. The van der Waals surface area contributed by atoms with Crippen LogP contribution in [0.3, 0.4) is 0 Å². The third-order valence-electron chi connectivity index (χ3n) is 6.04. The monoisotopic (exact) mass is 543 g/mol. The molecule has 0 spiro atoms. The molecule has 0 fully saturated rings. The molecule has 1 aliphatic rings. The van der Waals surface area contributed by atoms with E-state index in [4.69, 9.17) is 9.47 Å². The molecule has 0 atom stereocenters. The number of benzene rings is 2. The van der Waals surface area contributed by atoms with E-state index < -0.39 is 0 Å². The van der Waals surface area contributed by atoms with Crippen LogP contribution >= 0.6 is 11.3 Å². The topological polar surface area (TPSA) is 122 Å². The van der Waals surface area contributed by atoms with Crippen molar-refractivity contribution in [2.45, 2.75) is 6.54 Å². The van der Waals surface area contributed by atoms with Crippen molar-refractivity contribution in [3.8, 4) is 22.1 Å². The molecule has 4 aromatic rings. The number of carbonyl (C=O) groups excluding carboxylic acids is 2. The molecule has 5 rings (SSSR count). The highest BCUT2D eigenvalue weighted by atomic mass is 32.1. The number of urea groups is 1. The third kappa shape index (κ3) is 5.22. The van der Waals surface area contributed by atoms with Crippen LogP contribution in [0.15, 0.2) is 66.8 Å². The first kappa shape index (κ1) is 25.7. The average molecular weight is 544 g/mol. The van der Waals surface area contributed by atoms with Crippen LogP contribution in [0.1, 0.15) is 5.56 Å². The summed E-state index contributed by atoms with van der Waals surface area (Å²) < 4.78 is 10.7. The van der Waals surface area contributed by atoms with E-state index in [0.717, 1.165) is 16.1 Å². The zero-order chi connectivity index (χ0) is 27.5. The number of amides is 3. The minimum atomic E-state index is -0.361. The highest BCUT2D eigenvalue weighted by Crippen LogP contribution is 2.35. The Bertz CT molecular complexity index is 1540. The van der Waals surface area contributed by atoms with Crippen LogP contribution in [0.2, 0.25) is 0 Å². The molecule has 2 N–H and O–H groups in total. The van der Waals surface area contributed by atoms with Crippen molar-refractivity contribution in [2.75, 3.05) is 41.7 Å². The molecule has 3 amide bonds. The van der Waals surface area contributed by atoms with Crippen LogP contribution in [-0.2, 0) is 11.3 Å². The quantitative estimate of drug-likeness (QED) is 0.296. The predicted octanol–water partition coefficient (Wildman–Crippen LogP) is 5.06. The lowest BCUT2D eigenvalue weighted by atomic mass is 10.1. The van der Waals surface area contributed by atoms with Crippen LogP contribution in [0.25, 0.3) is 10.6 Å². The number of fused-ring (bicyclic) bond motifs is 1. The first-order valence-electron chi connectivity index (χ1n) is 11.8. The van der Waals surface area contributed by atoms with Crippen LogP contribution in [0, 0.1) is 0 Å². The highest BCUT2D eigenvalue weighted by Gasteiger charge is 2.31. The molecular formula is C27H25N7O4S. The zero-order valence-electron chi connectivity index (χ0n) is 21.5. The second-order valence-corrected chi connectivity index (χ2v) is 9.35. The largest absolute Gasteiger partial charge is 0.497 e. The second kappa shape index (κ2) is 10.8. The first-order chi connectivity index (χ1) is 18.9. The number of methoxy groups -OCH3 is 2. The number of nitrogens with zero attached hydrogens (tertiary/aromatic N) is 5.